The molecular formula is C18H24N4O3. The molecule has 0 aliphatic carbocycles. The Bertz CT molecular complexity index is 723. The lowest BCUT2D eigenvalue weighted by molar-refractivity contribution is 0.210. The van der Waals surface area contributed by atoms with Crippen LogP contribution >= 0.6 is 0 Å². The average molecular weight is 344 g/mol. The van der Waals surface area contributed by atoms with Gasteiger partial charge in [0, 0.05) is 32.9 Å². The van der Waals surface area contributed by atoms with E-state index in [-0.39, 0.29) is 0 Å². The minimum Gasteiger partial charge on any atom is -0.493 e. The van der Waals surface area contributed by atoms with E-state index in [1.54, 1.807) is 27.5 Å². The lowest BCUT2D eigenvalue weighted by Crippen LogP contribution is -2.32. The third kappa shape index (κ3) is 3.93. The van der Waals surface area contributed by atoms with Crippen molar-refractivity contribution in [3.63, 3.8) is 0 Å². The van der Waals surface area contributed by atoms with Gasteiger partial charge in [-0.25, -0.2) is 4.98 Å². The lowest BCUT2D eigenvalue weighted by Gasteiger charge is -2.29. The number of nitrogens with zero attached hydrogens (tertiary/aromatic N) is 3. The molecule has 1 aromatic carbocycles. The number of rotatable bonds is 7. The lowest BCUT2D eigenvalue weighted by atomic mass is 9.99. The molecule has 3 rings (SSSR count). The molecule has 0 fully saturated rings. The van der Waals surface area contributed by atoms with Crippen molar-refractivity contribution < 1.29 is 14.2 Å². The molecule has 0 atom stereocenters. The molecule has 2 heterocycles. The van der Waals surface area contributed by atoms with Gasteiger partial charge in [-0.2, -0.15) is 4.98 Å². The molecule has 1 aliphatic rings. The van der Waals surface area contributed by atoms with Crippen LogP contribution in [0.3, 0.4) is 0 Å². The van der Waals surface area contributed by atoms with Gasteiger partial charge >= 0.3 is 0 Å². The van der Waals surface area contributed by atoms with Gasteiger partial charge in [0.15, 0.2) is 11.5 Å². The summed E-state index contributed by atoms with van der Waals surface area (Å²) in [5.41, 5.74) is 2.49. The van der Waals surface area contributed by atoms with Crippen molar-refractivity contribution in [2.24, 2.45) is 0 Å². The summed E-state index contributed by atoms with van der Waals surface area (Å²) in [6.07, 6.45) is 2.70. The first-order chi connectivity index (χ1) is 12.2. The van der Waals surface area contributed by atoms with Gasteiger partial charge < -0.3 is 24.4 Å². The molecule has 0 radical (unpaired) electrons. The normalized spacial score (nSPS) is 13.3. The third-order valence-electron chi connectivity index (χ3n) is 4.26. The topological polar surface area (TPSA) is 68.7 Å². The van der Waals surface area contributed by atoms with Crippen LogP contribution in [0.15, 0.2) is 24.4 Å². The highest BCUT2D eigenvalue weighted by Gasteiger charge is 2.21. The van der Waals surface area contributed by atoms with E-state index in [2.05, 4.69) is 26.3 Å². The van der Waals surface area contributed by atoms with E-state index in [9.17, 15) is 0 Å². The molecule has 2 aromatic rings. The number of methoxy groups -OCH3 is 3. The van der Waals surface area contributed by atoms with Crippen LogP contribution in [-0.2, 0) is 17.7 Å². The van der Waals surface area contributed by atoms with Crippen LogP contribution in [0, 0.1) is 0 Å². The second kappa shape index (κ2) is 8.02. The van der Waals surface area contributed by atoms with E-state index in [1.807, 2.05) is 12.1 Å². The number of ether oxygens (including phenoxy) is 3. The van der Waals surface area contributed by atoms with Crippen molar-refractivity contribution in [1.82, 2.24) is 9.97 Å². The van der Waals surface area contributed by atoms with E-state index in [0.717, 1.165) is 42.8 Å². The maximum absolute atomic E-state index is 5.42. The molecule has 0 spiro atoms. The molecule has 0 saturated carbocycles. The van der Waals surface area contributed by atoms with E-state index in [1.165, 1.54) is 11.1 Å². The third-order valence-corrected chi connectivity index (χ3v) is 4.26. The Morgan fingerprint density at radius 2 is 1.88 bits per heavy atom. The SMILES string of the molecule is COCCNc1ccnc(N2CCc3cc(OC)c(OC)cc3C2)n1. The Morgan fingerprint density at radius 3 is 2.60 bits per heavy atom. The summed E-state index contributed by atoms with van der Waals surface area (Å²) < 4.78 is 15.9. The van der Waals surface area contributed by atoms with Crippen molar-refractivity contribution in [2.75, 3.05) is 51.2 Å². The number of nitrogens with one attached hydrogen (secondary N) is 1. The maximum atomic E-state index is 5.42. The van der Waals surface area contributed by atoms with Crippen LogP contribution in [0.5, 0.6) is 11.5 Å². The van der Waals surface area contributed by atoms with Crippen LogP contribution in [-0.4, -0.2) is 51.0 Å². The minimum absolute atomic E-state index is 0.637. The van der Waals surface area contributed by atoms with Crippen molar-refractivity contribution in [3.05, 3.63) is 35.5 Å². The fourth-order valence-electron chi connectivity index (χ4n) is 2.93. The van der Waals surface area contributed by atoms with Gasteiger partial charge in [-0.3, -0.25) is 0 Å². The van der Waals surface area contributed by atoms with Gasteiger partial charge in [0.2, 0.25) is 5.95 Å². The standard InChI is InChI=1S/C18H24N4O3/c1-23-9-7-19-17-4-6-20-18(21-17)22-8-5-13-10-15(24-2)16(25-3)11-14(13)12-22/h4,6,10-11H,5,7-9,12H2,1-3H3,(H,19,20,21). The molecule has 25 heavy (non-hydrogen) atoms. The highest BCUT2D eigenvalue weighted by molar-refractivity contribution is 5.51. The fraction of sp³-hybridized carbons (Fsp3) is 0.444. The quantitative estimate of drug-likeness (QED) is 0.772. The molecule has 134 valence electrons. The number of anilines is 2. The number of hydrogen-bond donors (Lipinski definition) is 1. The number of fused-ring (bicyclic) bond motifs is 1. The summed E-state index contributed by atoms with van der Waals surface area (Å²) in [6.45, 7) is 2.96. The van der Waals surface area contributed by atoms with Crippen LogP contribution < -0.4 is 19.7 Å². The van der Waals surface area contributed by atoms with E-state index in [4.69, 9.17) is 14.2 Å². The molecule has 7 nitrogen and oxygen atoms in total. The monoisotopic (exact) mass is 344 g/mol. The first kappa shape index (κ1) is 17.3. The number of aromatic nitrogens is 2. The van der Waals surface area contributed by atoms with Gasteiger partial charge in [0.25, 0.3) is 0 Å². The zero-order valence-corrected chi connectivity index (χ0v) is 14.9. The van der Waals surface area contributed by atoms with Crippen LogP contribution in [0.4, 0.5) is 11.8 Å². The first-order valence-corrected chi connectivity index (χ1v) is 8.29. The van der Waals surface area contributed by atoms with Gasteiger partial charge in [0.05, 0.1) is 20.8 Å². The predicted molar refractivity (Wildman–Crippen MR) is 96.7 cm³/mol. The Labute approximate surface area is 147 Å². The van der Waals surface area contributed by atoms with Crippen molar-refractivity contribution in [1.29, 1.82) is 0 Å². The second-order valence-electron chi connectivity index (χ2n) is 5.81. The first-order valence-electron chi connectivity index (χ1n) is 8.29. The van der Waals surface area contributed by atoms with Gasteiger partial charge in [0.1, 0.15) is 5.82 Å². The maximum Gasteiger partial charge on any atom is 0.227 e. The predicted octanol–water partition coefficient (Wildman–Crippen LogP) is 2.11. The molecule has 0 bridgehead atoms. The van der Waals surface area contributed by atoms with Crippen molar-refractivity contribution in [3.8, 4) is 11.5 Å². The van der Waals surface area contributed by atoms with Crippen LogP contribution in [0.1, 0.15) is 11.1 Å². The zero-order valence-electron chi connectivity index (χ0n) is 14.9. The van der Waals surface area contributed by atoms with Gasteiger partial charge in [-0.05, 0) is 35.7 Å². The Hall–Kier alpha value is -2.54. The zero-order chi connectivity index (χ0) is 17.6. The molecule has 7 heteroatoms. The summed E-state index contributed by atoms with van der Waals surface area (Å²) >= 11 is 0. The second-order valence-corrected chi connectivity index (χ2v) is 5.81. The summed E-state index contributed by atoms with van der Waals surface area (Å²) in [5.74, 6) is 3.05. The summed E-state index contributed by atoms with van der Waals surface area (Å²) in [6, 6.07) is 5.97. The Kier molecular flexibility index (Phi) is 5.55. The molecule has 1 aromatic heterocycles. The average Bonchev–Trinajstić information content (AvgIpc) is 2.67. The number of benzene rings is 1. The minimum atomic E-state index is 0.637. The van der Waals surface area contributed by atoms with E-state index >= 15 is 0 Å². The smallest absolute Gasteiger partial charge is 0.227 e. The van der Waals surface area contributed by atoms with Gasteiger partial charge in [-0.1, -0.05) is 0 Å². The largest absolute Gasteiger partial charge is 0.493 e. The summed E-state index contributed by atoms with van der Waals surface area (Å²) in [5, 5.41) is 3.24. The van der Waals surface area contributed by atoms with Crippen molar-refractivity contribution >= 4 is 11.8 Å². The Balaban J connectivity index is 1.77. The summed E-state index contributed by atoms with van der Waals surface area (Å²) in [7, 11) is 5.00. The molecule has 1 N–H and O–H groups in total. The molecule has 0 amide bonds. The highest BCUT2D eigenvalue weighted by atomic mass is 16.5. The van der Waals surface area contributed by atoms with Gasteiger partial charge in [-0.15, -0.1) is 0 Å². The highest BCUT2D eigenvalue weighted by Crippen LogP contribution is 2.33. The van der Waals surface area contributed by atoms with Crippen LogP contribution in [0.2, 0.25) is 0 Å². The van der Waals surface area contributed by atoms with E-state index in [0.29, 0.717) is 13.2 Å². The molecule has 0 unspecified atom stereocenters. The van der Waals surface area contributed by atoms with Crippen molar-refractivity contribution in [2.45, 2.75) is 13.0 Å². The molecular weight excluding hydrogens is 320 g/mol. The summed E-state index contributed by atoms with van der Waals surface area (Å²) in [4.78, 5) is 11.2. The molecule has 0 saturated heterocycles. The fourth-order valence-corrected chi connectivity index (χ4v) is 2.93. The Morgan fingerprint density at radius 1 is 1.12 bits per heavy atom. The molecule has 1 aliphatic heterocycles. The number of hydrogen-bond acceptors (Lipinski definition) is 7. The van der Waals surface area contributed by atoms with Crippen LogP contribution in [0.25, 0.3) is 0 Å². The van der Waals surface area contributed by atoms with E-state index < -0.39 is 0 Å².